The molecule has 0 radical (unpaired) electrons. The minimum absolute atomic E-state index is 0.183. The van der Waals surface area contributed by atoms with Gasteiger partial charge in [-0.15, -0.1) is 0 Å². The number of carbonyl (C=O) groups is 1. The van der Waals surface area contributed by atoms with Gasteiger partial charge in [0.05, 0.1) is 25.5 Å². The highest BCUT2D eigenvalue weighted by Gasteiger charge is 2.43. The number of benzene rings is 2. The standard InChI is InChI=1S/C25H32N6O3/c1-33-20-11-10-17(16-21(20)34-2)12-15-28-22(32)18-8-4-5-9-19(18)31-24(27)29-23(26)30-25(31)13-6-3-7-14-25/h4-5,8-11,16H,3,6-7,12-15H2,1-2H3,(H,28,32)(H4,26,27,29,30). The van der Waals surface area contributed by atoms with Crippen molar-refractivity contribution in [2.24, 2.45) is 21.5 Å². The number of carbonyl (C=O) groups excluding carboxylic acids is 1. The molecule has 0 aromatic heterocycles. The van der Waals surface area contributed by atoms with Crippen LogP contribution in [0.1, 0.15) is 48.0 Å². The molecule has 1 aliphatic heterocycles. The normalized spacial score (nSPS) is 17.1. The number of hydrogen-bond donors (Lipinski definition) is 3. The number of nitrogens with zero attached hydrogens (tertiary/aromatic N) is 3. The minimum atomic E-state index is -0.607. The van der Waals surface area contributed by atoms with E-state index >= 15 is 0 Å². The third-order valence-electron chi connectivity index (χ3n) is 6.39. The lowest BCUT2D eigenvalue weighted by atomic mass is 9.87. The number of ether oxygens (including phenoxy) is 2. The Balaban J connectivity index is 1.53. The summed E-state index contributed by atoms with van der Waals surface area (Å²) < 4.78 is 10.7. The maximum atomic E-state index is 13.2. The number of methoxy groups -OCH3 is 2. The Bertz CT molecular complexity index is 1110. The molecular weight excluding hydrogens is 432 g/mol. The van der Waals surface area contributed by atoms with Gasteiger partial charge in [-0.05, 0) is 61.9 Å². The van der Waals surface area contributed by atoms with Gasteiger partial charge in [0.15, 0.2) is 11.5 Å². The number of guanidine groups is 2. The largest absolute Gasteiger partial charge is 0.493 e. The first-order valence-electron chi connectivity index (χ1n) is 11.6. The molecule has 180 valence electrons. The van der Waals surface area contributed by atoms with Crippen molar-refractivity contribution in [2.45, 2.75) is 44.2 Å². The SMILES string of the molecule is COc1ccc(CCNC(=O)c2ccccc2N2C(N)=NC(N)=NC23CCCCC3)cc1OC. The van der Waals surface area contributed by atoms with Gasteiger partial charge in [-0.25, -0.2) is 4.99 Å². The van der Waals surface area contributed by atoms with Crippen molar-refractivity contribution in [3.63, 3.8) is 0 Å². The van der Waals surface area contributed by atoms with Crippen LogP contribution in [0.25, 0.3) is 0 Å². The lowest BCUT2D eigenvalue weighted by Crippen LogP contribution is -2.58. The highest BCUT2D eigenvalue weighted by atomic mass is 16.5. The zero-order chi connectivity index (χ0) is 24.1. The molecule has 0 unspecified atom stereocenters. The Labute approximate surface area is 199 Å². The number of amides is 1. The van der Waals surface area contributed by atoms with Crippen LogP contribution >= 0.6 is 0 Å². The van der Waals surface area contributed by atoms with Crippen LogP contribution in [0.15, 0.2) is 52.4 Å². The third-order valence-corrected chi connectivity index (χ3v) is 6.39. The van der Waals surface area contributed by atoms with Crippen LogP contribution < -0.4 is 31.2 Å². The van der Waals surface area contributed by atoms with E-state index in [1.54, 1.807) is 20.3 Å². The average molecular weight is 465 g/mol. The molecular formula is C25H32N6O3. The van der Waals surface area contributed by atoms with Crippen molar-refractivity contribution in [1.29, 1.82) is 0 Å². The van der Waals surface area contributed by atoms with E-state index in [4.69, 9.17) is 25.9 Å². The molecule has 2 aliphatic rings. The van der Waals surface area contributed by atoms with E-state index in [1.165, 1.54) is 0 Å². The van der Waals surface area contributed by atoms with Crippen molar-refractivity contribution < 1.29 is 14.3 Å². The van der Waals surface area contributed by atoms with Crippen LogP contribution in [-0.2, 0) is 6.42 Å². The topological polar surface area (TPSA) is 128 Å². The molecule has 9 heteroatoms. The Morgan fingerprint density at radius 2 is 1.79 bits per heavy atom. The van der Waals surface area contributed by atoms with Crippen molar-refractivity contribution in [1.82, 2.24) is 5.32 Å². The van der Waals surface area contributed by atoms with Gasteiger partial charge in [0.2, 0.25) is 11.9 Å². The van der Waals surface area contributed by atoms with Gasteiger partial charge in [0.1, 0.15) is 5.66 Å². The van der Waals surface area contributed by atoms with E-state index in [9.17, 15) is 4.79 Å². The maximum Gasteiger partial charge on any atom is 0.253 e. The zero-order valence-corrected chi connectivity index (χ0v) is 19.7. The number of para-hydroxylation sites is 1. The summed E-state index contributed by atoms with van der Waals surface area (Å²) >= 11 is 0. The molecule has 1 saturated carbocycles. The summed E-state index contributed by atoms with van der Waals surface area (Å²) in [6.45, 7) is 0.461. The van der Waals surface area contributed by atoms with E-state index < -0.39 is 5.66 Å². The first-order valence-corrected chi connectivity index (χ1v) is 11.6. The number of nitrogens with two attached hydrogens (primary N) is 2. The van der Waals surface area contributed by atoms with E-state index in [-0.39, 0.29) is 17.8 Å². The first-order chi connectivity index (χ1) is 16.5. The number of rotatable bonds is 7. The molecule has 0 saturated heterocycles. The fourth-order valence-electron chi connectivity index (χ4n) is 4.78. The van der Waals surface area contributed by atoms with Crippen LogP contribution in [-0.4, -0.2) is 44.3 Å². The van der Waals surface area contributed by atoms with Gasteiger partial charge >= 0.3 is 0 Å². The smallest absolute Gasteiger partial charge is 0.253 e. The third kappa shape index (κ3) is 4.64. The predicted octanol–water partition coefficient (Wildman–Crippen LogP) is 2.79. The molecule has 34 heavy (non-hydrogen) atoms. The molecule has 4 rings (SSSR count). The van der Waals surface area contributed by atoms with Gasteiger partial charge in [0.25, 0.3) is 5.91 Å². The van der Waals surface area contributed by atoms with Gasteiger partial charge in [-0.1, -0.05) is 24.6 Å². The minimum Gasteiger partial charge on any atom is -0.493 e. The van der Waals surface area contributed by atoms with E-state index in [2.05, 4.69) is 10.3 Å². The molecule has 2 aromatic rings. The molecule has 1 heterocycles. The van der Waals surface area contributed by atoms with Crippen LogP contribution in [0.3, 0.4) is 0 Å². The summed E-state index contributed by atoms with van der Waals surface area (Å²) in [6, 6.07) is 13.2. The molecule has 1 aliphatic carbocycles. The van der Waals surface area contributed by atoms with Gasteiger partial charge in [-0.2, -0.15) is 4.99 Å². The maximum absolute atomic E-state index is 13.2. The van der Waals surface area contributed by atoms with E-state index in [1.807, 2.05) is 41.3 Å². The second kappa shape index (κ2) is 10.0. The number of nitrogens with one attached hydrogen (secondary N) is 1. The molecule has 0 bridgehead atoms. The predicted molar refractivity (Wildman–Crippen MR) is 134 cm³/mol. The van der Waals surface area contributed by atoms with Crippen molar-refractivity contribution in [2.75, 3.05) is 25.7 Å². The molecule has 1 fully saturated rings. The Kier molecular flexibility index (Phi) is 6.90. The zero-order valence-electron chi connectivity index (χ0n) is 19.7. The Morgan fingerprint density at radius 3 is 2.53 bits per heavy atom. The van der Waals surface area contributed by atoms with E-state index in [0.717, 1.165) is 37.7 Å². The second-order valence-electron chi connectivity index (χ2n) is 8.53. The average Bonchev–Trinajstić information content (AvgIpc) is 2.84. The summed E-state index contributed by atoms with van der Waals surface area (Å²) in [7, 11) is 3.21. The van der Waals surface area contributed by atoms with Crippen molar-refractivity contribution in [3.05, 3.63) is 53.6 Å². The molecule has 5 N–H and O–H groups in total. The summed E-state index contributed by atoms with van der Waals surface area (Å²) in [4.78, 5) is 24.1. The van der Waals surface area contributed by atoms with Gasteiger partial charge in [-0.3, -0.25) is 9.69 Å². The highest BCUT2D eigenvalue weighted by Crippen LogP contribution is 2.40. The number of anilines is 1. The molecule has 9 nitrogen and oxygen atoms in total. The molecule has 0 atom stereocenters. The molecule has 2 aromatic carbocycles. The number of hydrogen-bond acceptors (Lipinski definition) is 8. The van der Waals surface area contributed by atoms with E-state index in [0.29, 0.717) is 35.7 Å². The van der Waals surface area contributed by atoms with Gasteiger partial charge < -0.3 is 26.3 Å². The molecule has 1 spiro atoms. The lowest BCUT2D eigenvalue weighted by molar-refractivity contribution is 0.0954. The fraction of sp³-hybridized carbons (Fsp3) is 0.400. The summed E-state index contributed by atoms with van der Waals surface area (Å²) in [5.74, 6) is 1.60. The fourth-order valence-corrected chi connectivity index (χ4v) is 4.78. The quantitative estimate of drug-likeness (QED) is 0.578. The Morgan fingerprint density at radius 1 is 1.06 bits per heavy atom. The Hall–Kier alpha value is -3.75. The van der Waals surface area contributed by atoms with Crippen LogP contribution in [0.2, 0.25) is 0 Å². The first kappa shape index (κ1) is 23.4. The summed E-state index contributed by atoms with van der Waals surface area (Å²) in [6.07, 6.45) is 5.42. The second-order valence-corrected chi connectivity index (χ2v) is 8.53. The number of aliphatic imine (C=N–C) groups is 2. The molecule has 1 amide bonds. The summed E-state index contributed by atoms with van der Waals surface area (Å²) in [5, 5.41) is 3.03. The van der Waals surface area contributed by atoms with Crippen LogP contribution in [0, 0.1) is 0 Å². The summed E-state index contributed by atoms with van der Waals surface area (Å²) in [5.41, 5.74) is 14.0. The van der Waals surface area contributed by atoms with Crippen molar-refractivity contribution in [3.8, 4) is 11.5 Å². The van der Waals surface area contributed by atoms with Crippen molar-refractivity contribution >= 4 is 23.5 Å². The van der Waals surface area contributed by atoms with Gasteiger partial charge in [0, 0.05) is 6.54 Å². The lowest BCUT2D eigenvalue weighted by Gasteiger charge is -2.46. The monoisotopic (exact) mass is 464 g/mol. The van der Waals surface area contributed by atoms with Crippen LogP contribution in [0.4, 0.5) is 5.69 Å². The highest BCUT2D eigenvalue weighted by molar-refractivity contribution is 6.10. The van der Waals surface area contributed by atoms with Crippen LogP contribution in [0.5, 0.6) is 11.5 Å².